The molecule has 0 aromatic carbocycles. The largest absolute Gasteiger partial charge is 0.390 e. The van der Waals surface area contributed by atoms with Crippen molar-refractivity contribution in [3.05, 3.63) is 10.6 Å². The molecule has 4 aliphatic carbocycles. The molecule has 0 bridgehead atoms. The standard InChI is InChI=1S/C27H44N2O2S/c1-15(2)7-6-8-16(3)17-9-10-18-23-19(11-12-26(17,18)4)27(5)14-22-21(28-29-32-22)13-20(27)24(30)25(23)31/h15-20,23-25,30-31H,6-14H2,1-5H3/t16-,17-,18+,19+,20-,23+,24-,25-,26-,27-/m1/s1. The summed E-state index contributed by atoms with van der Waals surface area (Å²) in [6, 6.07) is 0. The van der Waals surface area contributed by atoms with Crippen molar-refractivity contribution in [1.82, 2.24) is 9.59 Å². The maximum Gasteiger partial charge on any atom is 0.0839 e. The third kappa shape index (κ3) is 3.43. The lowest BCUT2D eigenvalue weighted by molar-refractivity contribution is -0.207. The predicted molar refractivity (Wildman–Crippen MR) is 129 cm³/mol. The summed E-state index contributed by atoms with van der Waals surface area (Å²) < 4.78 is 4.22. The summed E-state index contributed by atoms with van der Waals surface area (Å²) in [5.74, 6) is 3.69. The zero-order valence-electron chi connectivity index (χ0n) is 20.8. The van der Waals surface area contributed by atoms with E-state index in [1.807, 2.05) is 0 Å². The van der Waals surface area contributed by atoms with Gasteiger partial charge in [0.2, 0.25) is 0 Å². The molecule has 0 saturated heterocycles. The highest BCUT2D eigenvalue weighted by Gasteiger charge is 2.65. The molecule has 0 unspecified atom stereocenters. The van der Waals surface area contributed by atoms with E-state index < -0.39 is 12.2 Å². The molecule has 4 nitrogen and oxygen atoms in total. The number of aromatic nitrogens is 2. The Bertz CT molecular complexity index is 826. The Morgan fingerprint density at radius 2 is 1.72 bits per heavy atom. The fourth-order valence-corrected chi connectivity index (χ4v) is 10.1. The van der Waals surface area contributed by atoms with Gasteiger partial charge in [0.15, 0.2) is 0 Å². The summed E-state index contributed by atoms with van der Waals surface area (Å²) in [4.78, 5) is 1.32. The number of hydrogen-bond acceptors (Lipinski definition) is 5. The number of aliphatic hydroxyl groups excluding tert-OH is 2. The van der Waals surface area contributed by atoms with Gasteiger partial charge in [-0.15, -0.1) is 5.10 Å². The molecule has 10 atom stereocenters. The molecule has 180 valence electrons. The first-order valence-corrected chi connectivity index (χ1v) is 14.1. The molecule has 1 aromatic heterocycles. The van der Waals surface area contributed by atoms with Gasteiger partial charge in [0.1, 0.15) is 0 Å². The first kappa shape index (κ1) is 23.2. The Morgan fingerprint density at radius 3 is 2.47 bits per heavy atom. The van der Waals surface area contributed by atoms with Crippen LogP contribution in [0.2, 0.25) is 0 Å². The second-order valence-electron chi connectivity index (χ2n) is 12.9. The van der Waals surface area contributed by atoms with E-state index in [-0.39, 0.29) is 17.3 Å². The van der Waals surface area contributed by atoms with Crippen LogP contribution in [0, 0.1) is 52.3 Å². The van der Waals surface area contributed by atoms with Crippen LogP contribution in [0.15, 0.2) is 0 Å². The second kappa shape index (κ2) is 8.30. The average molecular weight is 461 g/mol. The van der Waals surface area contributed by atoms with Crippen molar-refractivity contribution in [2.75, 3.05) is 0 Å². The van der Waals surface area contributed by atoms with E-state index in [1.165, 1.54) is 49.8 Å². The minimum atomic E-state index is -0.638. The van der Waals surface area contributed by atoms with Crippen LogP contribution in [0.1, 0.15) is 90.1 Å². The summed E-state index contributed by atoms with van der Waals surface area (Å²) in [5, 5.41) is 27.3. The van der Waals surface area contributed by atoms with Crippen molar-refractivity contribution in [1.29, 1.82) is 0 Å². The van der Waals surface area contributed by atoms with E-state index in [9.17, 15) is 10.2 Å². The molecular weight excluding hydrogens is 416 g/mol. The molecule has 5 rings (SSSR count). The molecule has 4 aliphatic rings. The Kier molecular flexibility index (Phi) is 6.03. The van der Waals surface area contributed by atoms with Crippen LogP contribution in [0.25, 0.3) is 0 Å². The van der Waals surface area contributed by atoms with Crippen LogP contribution < -0.4 is 0 Å². The van der Waals surface area contributed by atoms with Gasteiger partial charge in [0, 0.05) is 4.88 Å². The fraction of sp³-hybridized carbons (Fsp3) is 0.926. The van der Waals surface area contributed by atoms with Crippen molar-refractivity contribution in [2.24, 2.45) is 52.3 Å². The summed E-state index contributed by atoms with van der Waals surface area (Å²) in [6.07, 6.45) is 9.57. The summed E-state index contributed by atoms with van der Waals surface area (Å²) in [6.45, 7) is 12.1. The van der Waals surface area contributed by atoms with Crippen LogP contribution >= 0.6 is 11.5 Å². The third-order valence-corrected chi connectivity index (χ3v) is 11.7. The number of fused-ring (bicyclic) bond motifs is 6. The van der Waals surface area contributed by atoms with Gasteiger partial charge >= 0.3 is 0 Å². The van der Waals surface area contributed by atoms with Crippen molar-refractivity contribution in [2.45, 2.75) is 105 Å². The molecule has 0 amide bonds. The van der Waals surface area contributed by atoms with Crippen LogP contribution in [0.3, 0.4) is 0 Å². The smallest absolute Gasteiger partial charge is 0.0839 e. The Morgan fingerprint density at radius 1 is 0.969 bits per heavy atom. The zero-order valence-corrected chi connectivity index (χ0v) is 21.6. The number of rotatable bonds is 5. The highest BCUT2D eigenvalue weighted by atomic mass is 32.1. The molecular formula is C27H44N2O2S. The Balaban J connectivity index is 1.40. The molecule has 5 heteroatoms. The van der Waals surface area contributed by atoms with E-state index in [0.717, 1.165) is 36.3 Å². The van der Waals surface area contributed by atoms with Crippen LogP contribution in [0.4, 0.5) is 0 Å². The van der Waals surface area contributed by atoms with Gasteiger partial charge in [0.05, 0.1) is 17.9 Å². The van der Waals surface area contributed by atoms with E-state index in [0.29, 0.717) is 17.3 Å². The van der Waals surface area contributed by atoms with Crippen molar-refractivity contribution in [3.8, 4) is 0 Å². The molecule has 0 spiro atoms. The molecule has 0 radical (unpaired) electrons. The van der Waals surface area contributed by atoms with Crippen LogP contribution in [-0.2, 0) is 12.8 Å². The quantitative estimate of drug-likeness (QED) is 0.607. The van der Waals surface area contributed by atoms with Crippen molar-refractivity contribution < 1.29 is 10.2 Å². The summed E-state index contributed by atoms with van der Waals surface area (Å²) in [5.41, 5.74) is 1.43. The maximum atomic E-state index is 11.5. The van der Waals surface area contributed by atoms with E-state index in [2.05, 4.69) is 44.2 Å². The van der Waals surface area contributed by atoms with Gasteiger partial charge in [-0.25, -0.2) is 0 Å². The first-order valence-electron chi connectivity index (χ1n) is 13.3. The average Bonchev–Trinajstić information content (AvgIpc) is 3.33. The van der Waals surface area contributed by atoms with Crippen LogP contribution in [-0.4, -0.2) is 32.0 Å². The number of nitrogens with zero attached hydrogens (tertiary/aromatic N) is 2. The fourth-order valence-electron chi connectivity index (χ4n) is 9.28. The van der Waals surface area contributed by atoms with Gasteiger partial charge in [0.25, 0.3) is 0 Å². The minimum Gasteiger partial charge on any atom is -0.390 e. The number of hydrogen-bond donors (Lipinski definition) is 2. The van der Waals surface area contributed by atoms with Gasteiger partial charge in [-0.05, 0) is 102 Å². The molecule has 32 heavy (non-hydrogen) atoms. The SMILES string of the molecule is CC(C)CCC[C@@H](C)[C@H]1CC[C@H]2[C@@H]3[C@@H](O)[C@H](O)[C@H]4Cc5nnsc5C[C@]4(C)[C@H]3CC[C@]12C. The topological polar surface area (TPSA) is 66.2 Å². The molecule has 1 aromatic rings. The van der Waals surface area contributed by atoms with E-state index >= 15 is 0 Å². The molecule has 0 aliphatic heterocycles. The lowest BCUT2D eigenvalue weighted by Crippen LogP contribution is -2.64. The number of aliphatic hydroxyl groups is 2. The molecule has 3 saturated carbocycles. The van der Waals surface area contributed by atoms with Gasteiger partial charge in [-0.3, -0.25) is 0 Å². The summed E-state index contributed by atoms with van der Waals surface area (Å²) >= 11 is 1.55. The third-order valence-electron chi connectivity index (χ3n) is 11.0. The lowest BCUT2D eigenvalue weighted by Gasteiger charge is -2.63. The van der Waals surface area contributed by atoms with Crippen molar-refractivity contribution >= 4 is 11.5 Å². The monoisotopic (exact) mass is 460 g/mol. The second-order valence-corrected chi connectivity index (χ2v) is 13.8. The highest BCUT2D eigenvalue weighted by molar-refractivity contribution is 7.05. The zero-order chi connectivity index (χ0) is 22.8. The normalized spacial score (nSPS) is 46.3. The van der Waals surface area contributed by atoms with Crippen LogP contribution in [0.5, 0.6) is 0 Å². The van der Waals surface area contributed by atoms with E-state index in [1.54, 1.807) is 11.5 Å². The van der Waals surface area contributed by atoms with Gasteiger partial charge < -0.3 is 10.2 Å². The summed E-state index contributed by atoms with van der Waals surface area (Å²) in [7, 11) is 0. The van der Waals surface area contributed by atoms with E-state index in [4.69, 9.17) is 0 Å². The van der Waals surface area contributed by atoms with Gasteiger partial charge in [-0.1, -0.05) is 58.4 Å². The Labute approximate surface area is 198 Å². The molecule has 1 heterocycles. The maximum absolute atomic E-state index is 11.5. The first-order chi connectivity index (χ1) is 15.2. The predicted octanol–water partition coefficient (Wildman–Crippen LogP) is 5.52. The molecule has 2 N–H and O–H groups in total. The minimum absolute atomic E-state index is 0.0484. The van der Waals surface area contributed by atoms with Gasteiger partial charge in [-0.2, -0.15) is 0 Å². The highest BCUT2D eigenvalue weighted by Crippen LogP contribution is 2.68. The molecule has 3 fully saturated rings. The lowest BCUT2D eigenvalue weighted by atomic mass is 9.43. The Hall–Kier alpha value is -0.520. The van der Waals surface area contributed by atoms with Crippen molar-refractivity contribution in [3.63, 3.8) is 0 Å².